The number of carbonyl (C=O) groups excluding carboxylic acids is 3. The summed E-state index contributed by atoms with van der Waals surface area (Å²) >= 11 is 2.65. The second kappa shape index (κ2) is 12.0. The van der Waals surface area contributed by atoms with Crippen molar-refractivity contribution in [2.24, 2.45) is 5.73 Å². The van der Waals surface area contributed by atoms with Crippen molar-refractivity contribution in [2.45, 2.75) is 62.4 Å². The number of rotatable bonds is 10. The highest BCUT2D eigenvalue weighted by molar-refractivity contribution is 6.13. The molecule has 0 bridgehead atoms. The van der Waals surface area contributed by atoms with E-state index in [-0.39, 0.29) is 22.6 Å². The molecule has 8 heteroatoms. The number of nitrogens with one attached hydrogen (secondary N) is 2. The molecular formula is C21H31AlN4O3. The van der Waals surface area contributed by atoms with Crippen LogP contribution in [0.5, 0.6) is 0 Å². The summed E-state index contributed by atoms with van der Waals surface area (Å²) in [7, 11) is 0. The summed E-state index contributed by atoms with van der Waals surface area (Å²) in [6.07, 6.45) is 4.51. The molecule has 1 aromatic rings. The van der Waals surface area contributed by atoms with Crippen LogP contribution in [0.3, 0.4) is 0 Å². The summed E-state index contributed by atoms with van der Waals surface area (Å²) < 4.78 is 0. The Morgan fingerprint density at radius 1 is 1.21 bits per heavy atom. The number of unbranched alkanes of at least 4 members (excludes halogenated alkanes) is 1. The van der Waals surface area contributed by atoms with Gasteiger partial charge >= 0.3 is 0 Å². The molecule has 2 rings (SSSR count). The molecule has 156 valence electrons. The van der Waals surface area contributed by atoms with Gasteiger partial charge in [0.25, 0.3) is 0 Å². The van der Waals surface area contributed by atoms with E-state index in [0.717, 1.165) is 31.2 Å². The molecule has 1 aromatic carbocycles. The zero-order valence-corrected chi connectivity index (χ0v) is 18.3. The van der Waals surface area contributed by atoms with Crippen LogP contribution in [0.4, 0.5) is 0 Å². The minimum Gasteiger partial charge on any atom is -0.368 e. The van der Waals surface area contributed by atoms with Crippen molar-refractivity contribution in [3.05, 3.63) is 35.9 Å². The van der Waals surface area contributed by atoms with Gasteiger partial charge in [0, 0.05) is 19.9 Å². The van der Waals surface area contributed by atoms with E-state index in [0.29, 0.717) is 25.9 Å². The first kappa shape index (κ1) is 23.4. The number of likely N-dealkylation sites (tertiary alicyclic amines) is 1. The predicted molar refractivity (Wildman–Crippen MR) is 113 cm³/mol. The molecule has 2 radical (unpaired) electrons. The van der Waals surface area contributed by atoms with Gasteiger partial charge in [0.1, 0.15) is 12.1 Å². The molecule has 1 saturated heterocycles. The van der Waals surface area contributed by atoms with Crippen LogP contribution in [0.25, 0.3) is 0 Å². The largest absolute Gasteiger partial charge is 0.368 e. The van der Waals surface area contributed by atoms with Gasteiger partial charge in [0.15, 0.2) is 16.3 Å². The smallest absolute Gasteiger partial charge is 0.246 e. The van der Waals surface area contributed by atoms with E-state index in [1.807, 2.05) is 30.3 Å². The second-order valence-electron chi connectivity index (χ2n) is 7.53. The molecular weight excluding hydrogens is 383 g/mol. The normalized spacial score (nSPS) is 18.1. The monoisotopic (exact) mass is 414 g/mol. The maximum absolute atomic E-state index is 13.2. The lowest BCUT2D eigenvalue weighted by atomic mass is 10.0. The molecule has 3 amide bonds. The van der Waals surface area contributed by atoms with Gasteiger partial charge in [-0.3, -0.25) is 14.4 Å². The minimum absolute atomic E-state index is 0.0398. The third-order valence-corrected chi connectivity index (χ3v) is 5.59. The first-order chi connectivity index (χ1) is 13.9. The zero-order chi connectivity index (χ0) is 21.2. The van der Waals surface area contributed by atoms with Gasteiger partial charge in [-0.05, 0) is 42.7 Å². The second-order valence-corrected chi connectivity index (χ2v) is 8.34. The molecule has 0 aromatic heterocycles. The molecule has 7 nitrogen and oxygen atoms in total. The minimum atomic E-state index is -0.681. The van der Waals surface area contributed by atoms with Crippen LogP contribution in [0.1, 0.15) is 44.6 Å². The standard InChI is InChI=1S/C21H31N4O3.Al/c1-16(26)24-18(15-17-9-4-2-5-10-17)21(28)25-14-8-11-19(25)20(27)23-13-7-3-6-12-22;/h2,4-5,9-10,13,18-19H,3,6-8,11-12,14-15,22H2,1H3,(H,23,27)(H,24,26);/t18-,19+;/m1./s1. The van der Waals surface area contributed by atoms with Crippen LogP contribution in [-0.4, -0.2) is 69.0 Å². The maximum atomic E-state index is 13.2. The fourth-order valence-corrected chi connectivity index (χ4v) is 4.06. The van der Waals surface area contributed by atoms with Crippen LogP contribution in [-0.2, 0) is 20.8 Å². The van der Waals surface area contributed by atoms with E-state index in [9.17, 15) is 14.4 Å². The number of hydrogen-bond donors (Lipinski definition) is 3. The molecule has 1 heterocycles. The van der Waals surface area contributed by atoms with Crippen LogP contribution in [0, 0.1) is 0 Å². The first-order valence-electron chi connectivity index (χ1n) is 10.3. The van der Waals surface area contributed by atoms with Gasteiger partial charge in [0.2, 0.25) is 17.7 Å². The third-order valence-electron chi connectivity index (χ3n) is 5.09. The van der Waals surface area contributed by atoms with Crippen molar-refractivity contribution in [1.29, 1.82) is 0 Å². The summed E-state index contributed by atoms with van der Waals surface area (Å²) in [6, 6.07) is 8.40. The van der Waals surface area contributed by atoms with E-state index in [1.54, 1.807) is 4.90 Å². The quantitative estimate of drug-likeness (QED) is 0.382. The molecule has 1 fully saturated rings. The Morgan fingerprint density at radius 3 is 2.59 bits per heavy atom. The van der Waals surface area contributed by atoms with Crippen molar-refractivity contribution in [3.8, 4) is 0 Å². The SMILES string of the molecule is CC(=O)N[C@H](Cc1ccccc1)C(=O)N1CCC[C@H]1C(=O)N[C@H]([Al])CCCCN. The van der Waals surface area contributed by atoms with Crippen molar-refractivity contribution in [3.63, 3.8) is 0 Å². The van der Waals surface area contributed by atoms with E-state index >= 15 is 0 Å². The number of nitrogens with two attached hydrogens (primary N) is 1. The lowest BCUT2D eigenvalue weighted by Crippen LogP contribution is -2.55. The van der Waals surface area contributed by atoms with Gasteiger partial charge in [-0.15, -0.1) is 0 Å². The van der Waals surface area contributed by atoms with Gasteiger partial charge in [-0.1, -0.05) is 36.8 Å². The maximum Gasteiger partial charge on any atom is 0.246 e. The predicted octanol–water partition coefficient (Wildman–Crippen LogP) is 0.465. The Bertz CT molecular complexity index is 686. The highest BCUT2D eigenvalue weighted by atomic mass is 27.0. The summed E-state index contributed by atoms with van der Waals surface area (Å²) in [5.41, 5.74) is 6.48. The average molecular weight is 414 g/mol. The summed E-state index contributed by atoms with van der Waals surface area (Å²) in [6.45, 7) is 2.57. The molecule has 1 aliphatic heterocycles. The third kappa shape index (κ3) is 7.47. The highest BCUT2D eigenvalue weighted by Crippen LogP contribution is 2.20. The Hall–Kier alpha value is -1.88. The van der Waals surface area contributed by atoms with Gasteiger partial charge in [-0.2, -0.15) is 0 Å². The Balaban J connectivity index is 2.03. The summed E-state index contributed by atoms with van der Waals surface area (Å²) in [5, 5.41) is 5.76. The Labute approximate surface area is 181 Å². The van der Waals surface area contributed by atoms with Gasteiger partial charge < -0.3 is 21.3 Å². The Morgan fingerprint density at radius 2 is 1.93 bits per heavy atom. The number of carbonyl (C=O) groups is 3. The lowest BCUT2D eigenvalue weighted by Gasteiger charge is -2.29. The van der Waals surface area contributed by atoms with E-state index in [4.69, 9.17) is 5.73 Å². The lowest BCUT2D eigenvalue weighted by molar-refractivity contribution is -0.141. The molecule has 29 heavy (non-hydrogen) atoms. The summed E-state index contributed by atoms with van der Waals surface area (Å²) in [5.74, 6) is -0.598. The highest BCUT2D eigenvalue weighted by Gasteiger charge is 2.37. The molecule has 0 saturated carbocycles. The molecule has 4 N–H and O–H groups in total. The zero-order valence-electron chi connectivity index (χ0n) is 17.1. The van der Waals surface area contributed by atoms with Crippen LogP contribution in [0.2, 0.25) is 0 Å². The van der Waals surface area contributed by atoms with Crippen LogP contribution >= 0.6 is 0 Å². The summed E-state index contributed by atoms with van der Waals surface area (Å²) in [4.78, 5) is 39.2. The molecule has 1 aliphatic rings. The number of benzene rings is 1. The van der Waals surface area contributed by atoms with Gasteiger partial charge in [-0.25, -0.2) is 0 Å². The number of nitrogens with zero attached hydrogens (tertiary/aromatic N) is 1. The number of hydrogen-bond acceptors (Lipinski definition) is 4. The van der Waals surface area contributed by atoms with Crippen LogP contribution in [0.15, 0.2) is 30.3 Å². The van der Waals surface area contributed by atoms with Crippen molar-refractivity contribution >= 4 is 34.0 Å². The fraction of sp³-hybridized carbons (Fsp3) is 0.571. The molecule has 0 aliphatic carbocycles. The van der Waals surface area contributed by atoms with Crippen molar-refractivity contribution < 1.29 is 14.4 Å². The van der Waals surface area contributed by atoms with E-state index in [2.05, 4.69) is 26.9 Å². The topological polar surface area (TPSA) is 105 Å². The molecule has 3 atom stereocenters. The average Bonchev–Trinajstić information content (AvgIpc) is 3.17. The molecule has 0 unspecified atom stereocenters. The fourth-order valence-electron chi connectivity index (χ4n) is 3.66. The van der Waals surface area contributed by atoms with Crippen LogP contribution < -0.4 is 16.4 Å². The van der Waals surface area contributed by atoms with Crippen molar-refractivity contribution in [2.75, 3.05) is 13.1 Å². The number of amides is 3. The Kier molecular flexibility index (Phi) is 9.65. The molecule has 0 spiro atoms. The van der Waals surface area contributed by atoms with Gasteiger partial charge in [0.05, 0.1) is 0 Å². The first-order valence-corrected chi connectivity index (χ1v) is 11.0. The van der Waals surface area contributed by atoms with Crippen molar-refractivity contribution in [1.82, 2.24) is 15.5 Å². The van der Waals surface area contributed by atoms with E-state index in [1.165, 1.54) is 6.92 Å². The van der Waals surface area contributed by atoms with E-state index < -0.39 is 12.1 Å².